The first-order valence-electron chi connectivity index (χ1n) is 23.1. The number of fused-ring (bicyclic) bond motifs is 3. The predicted molar refractivity (Wildman–Crippen MR) is 263 cm³/mol. The van der Waals surface area contributed by atoms with Crippen molar-refractivity contribution in [1.82, 2.24) is 0 Å². The molecule has 2 saturated carbocycles. The van der Waals surface area contributed by atoms with Crippen LogP contribution in [0, 0.1) is 47.5 Å². The number of hydrogen-bond acceptors (Lipinski definition) is 2. The van der Waals surface area contributed by atoms with Gasteiger partial charge in [-0.25, -0.2) is 0 Å². The number of anilines is 6. The summed E-state index contributed by atoms with van der Waals surface area (Å²) in [5.41, 5.74) is 24.5. The molecule has 0 amide bonds. The first-order chi connectivity index (χ1) is 28.8. The van der Waals surface area contributed by atoms with Crippen LogP contribution in [0.5, 0.6) is 0 Å². The Morgan fingerprint density at radius 3 is 1.10 bits per heavy atom. The van der Waals surface area contributed by atoms with E-state index in [0.717, 1.165) is 0 Å². The smallest absolute Gasteiger partial charge is 0.0520 e. The van der Waals surface area contributed by atoms with Crippen LogP contribution in [0.4, 0.5) is 34.1 Å². The Balaban J connectivity index is 1.26. The van der Waals surface area contributed by atoms with Crippen molar-refractivity contribution in [2.75, 3.05) is 9.80 Å². The van der Waals surface area contributed by atoms with E-state index < -0.39 is 0 Å². The Labute approximate surface area is 368 Å². The summed E-state index contributed by atoms with van der Waals surface area (Å²) in [6.07, 6.45) is 6.24. The van der Waals surface area contributed by atoms with Crippen LogP contribution in [0.25, 0.3) is 11.1 Å². The summed E-state index contributed by atoms with van der Waals surface area (Å²) in [5.74, 6) is 0.650. The summed E-state index contributed by atoms with van der Waals surface area (Å²) in [6.45, 7) is 30.1. The van der Waals surface area contributed by atoms with E-state index in [1.807, 2.05) is 0 Å². The minimum absolute atomic E-state index is 0.0810. The fourth-order valence-electron chi connectivity index (χ4n) is 12.3. The molecule has 61 heavy (non-hydrogen) atoms. The zero-order valence-electron chi connectivity index (χ0n) is 39.4. The second kappa shape index (κ2) is 14.5. The van der Waals surface area contributed by atoms with E-state index in [2.05, 4.69) is 209 Å². The molecule has 2 nitrogen and oxygen atoms in total. The molecule has 314 valence electrons. The fourth-order valence-corrected chi connectivity index (χ4v) is 12.3. The highest BCUT2D eigenvalue weighted by atomic mass is 15.2. The zero-order chi connectivity index (χ0) is 43.4. The number of nitrogens with zero attached hydrogens (tertiary/aromatic N) is 2. The van der Waals surface area contributed by atoms with Crippen LogP contribution >= 0.6 is 0 Å². The zero-order valence-corrected chi connectivity index (χ0v) is 39.4. The Kier molecular flexibility index (Phi) is 9.82. The summed E-state index contributed by atoms with van der Waals surface area (Å²) < 4.78 is 0. The van der Waals surface area contributed by atoms with Gasteiger partial charge in [-0.1, -0.05) is 127 Å². The molecule has 0 saturated heterocycles. The van der Waals surface area contributed by atoms with E-state index in [0.29, 0.717) is 5.92 Å². The second-order valence-electron chi connectivity index (χ2n) is 21.8. The molecule has 2 heteroatoms. The minimum atomic E-state index is 0.0810. The molecular formula is C59H68N2. The van der Waals surface area contributed by atoms with E-state index in [1.54, 1.807) is 11.1 Å². The normalized spacial score (nSPS) is 20.5. The molecule has 3 aliphatic carbocycles. The van der Waals surface area contributed by atoms with Crippen molar-refractivity contribution in [3.63, 3.8) is 0 Å². The number of rotatable bonds is 6. The Morgan fingerprint density at radius 1 is 0.443 bits per heavy atom. The van der Waals surface area contributed by atoms with Gasteiger partial charge in [0.15, 0.2) is 0 Å². The van der Waals surface area contributed by atoms with Crippen LogP contribution in [0.1, 0.15) is 136 Å². The van der Waals surface area contributed by atoms with Gasteiger partial charge in [0.2, 0.25) is 0 Å². The standard InChI is InChI=1S/C59H68N2/c1-37-15-19-46(20-16-37)60(54-40(4)29-44(30-41(54)5)56(8,9)10)48-23-25-50-51-26-24-49(34-53(51)59-28-14-27-58(59,52(50)33-48)35-39(3)36-59)61(47-21-17-38(2)18-22-47)55-42(6)31-45(32-43(55)7)57(11,12)13/h15-26,29-34,39H,14,27-28,35-36H2,1-13H3/t39?,58-,59+. The summed E-state index contributed by atoms with van der Waals surface area (Å²) in [7, 11) is 0. The van der Waals surface area contributed by atoms with Crippen LogP contribution < -0.4 is 9.80 Å². The second-order valence-corrected chi connectivity index (χ2v) is 21.8. The fraction of sp³-hybridized carbons (Fsp3) is 0.390. The van der Waals surface area contributed by atoms with Gasteiger partial charge in [0, 0.05) is 33.6 Å². The highest BCUT2D eigenvalue weighted by Gasteiger charge is 2.64. The molecule has 0 aliphatic heterocycles. The van der Waals surface area contributed by atoms with Crippen molar-refractivity contribution in [1.29, 1.82) is 0 Å². The summed E-state index contributed by atoms with van der Waals surface area (Å²) in [6, 6.07) is 43.2. The van der Waals surface area contributed by atoms with Gasteiger partial charge < -0.3 is 9.80 Å². The van der Waals surface area contributed by atoms with Gasteiger partial charge in [-0.3, -0.25) is 0 Å². The summed E-state index contributed by atoms with van der Waals surface area (Å²) in [5, 5.41) is 0. The molecule has 3 atom stereocenters. The first kappa shape index (κ1) is 41.3. The van der Waals surface area contributed by atoms with Gasteiger partial charge in [0.25, 0.3) is 0 Å². The largest absolute Gasteiger partial charge is 0.310 e. The van der Waals surface area contributed by atoms with Crippen LogP contribution in [0.3, 0.4) is 0 Å². The lowest BCUT2D eigenvalue weighted by molar-refractivity contribution is 0.299. The molecular weight excluding hydrogens is 737 g/mol. The quantitative estimate of drug-likeness (QED) is 0.165. The maximum Gasteiger partial charge on any atom is 0.0520 e. The Bertz CT molecular complexity index is 2430. The molecule has 0 bridgehead atoms. The van der Waals surface area contributed by atoms with E-state index in [9.17, 15) is 0 Å². The molecule has 2 fully saturated rings. The molecule has 6 aromatic carbocycles. The molecule has 0 N–H and O–H groups in total. The van der Waals surface area contributed by atoms with Crippen molar-refractivity contribution >= 4 is 34.1 Å². The molecule has 3 aliphatic rings. The number of aryl methyl sites for hydroxylation is 6. The van der Waals surface area contributed by atoms with Gasteiger partial charge in [-0.05, 0) is 188 Å². The highest BCUT2D eigenvalue weighted by molar-refractivity contribution is 5.89. The lowest BCUT2D eigenvalue weighted by Gasteiger charge is -2.48. The van der Waals surface area contributed by atoms with E-state index in [1.165, 1.54) is 122 Å². The topological polar surface area (TPSA) is 6.48 Å². The molecule has 1 unspecified atom stereocenters. The van der Waals surface area contributed by atoms with E-state index in [4.69, 9.17) is 0 Å². The maximum absolute atomic E-state index is 2.64. The van der Waals surface area contributed by atoms with Crippen molar-refractivity contribution in [3.8, 4) is 11.1 Å². The van der Waals surface area contributed by atoms with Gasteiger partial charge in [-0.2, -0.15) is 0 Å². The first-order valence-corrected chi connectivity index (χ1v) is 23.1. The van der Waals surface area contributed by atoms with Gasteiger partial charge >= 0.3 is 0 Å². The third-order valence-electron chi connectivity index (χ3n) is 15.1. The third-order valence-corrected chi connectivity index (χ3v) is 15.1. The van der Waals surface area contributed by atoms with Crippen molar-refractivity contribution in [2.24, 2.45) is 5.92 Å². The lowest BCUT2D eigenvalue weighted by atomic mass is 9.55. The average Bonchev–Trinajstić information content (AvgIpc) is 3.71. The molecule has 0 aromatic heterocycles. The van der Waals surface area contributed by atoms with Crippen molar-refractivity contribution in [2.45, 2.75) is 144 Å². The summed E-state index contributed by atoms with van der Waals surface area (Å²) in [4.78, 5) is 5.13. The van der Waals surface area contributed by atoms with Crippen molar-refractivity contribution < 1.29 is 0 Å². The molecule has 0 heterocycles. The van der Waals surface area contributed by atoms with E-state index in [-0.39, 0.29) is 21.7 Å². The molecule has 0 radical (unpaired) electrons. The average molecular weight is 805 g/mol. The number of hydrogen-bond donors (Lipinski definition) is 0. The lowest BCUT2D eigenvalue weighted by Crippen LogP contribution is -2.43. The highest BCUT2D eigenvalue weighted by Crippen LogP contribution is 2.71. The monoisotopic (exact) mass is 805 g/mol. The van der Waals surface area contributed by atoms with Crippen LogP contribution in [0.2, 0.25) is 0 Å². The van der Waals surface area contributed by atoms with Gasteiger partial charge in [0.05, 0.1) is 11.4 Å². The number of benzene rings is 6. The van der Waals surface area contributed by atoms with Gasteiger partial charge in [0.1, 0.15) is 0 Å². The van der Waals surface area contributed by atoms with Crippen LogP contribution in [-0.4, -0.2) is 0 Å². The maximum atomic E-state index is 2.64. The van der Waals surface area contributed by atoms with Crippen LogP contribution in [-0.2, 0) is 21.7 Å². The predicted octanol–water partition coefficient (Wildman–Crippen LogP) is 16.8. The Morgan fingerprint density at radius 2 is 0.770 bits per heavy atom. The molecule has 6 aromatic rings. The van der Waals surface area contributed by atoms with Gasteiger partial charge in [-0.15, -0.1) is 0 Å². The molecule has 0 spiro atoms. The summed E-state index contributed by atoms with van der Waals surface area (Å²) >= 11 is 0. The van der Waals surface area contributed by atoms with Crippen molar-refractivity contribution in [3.05, 3.63) is 165 Å². The minimum Gasteiger partial charge on any atom is -0.310 e. The Hall–Kier alpha value is -5.08. The SMILES string of the molecule is Cc1ccc(N(c2ccc3c(c2)[C@@]24CCC[C@@]2(CC(C)C4)c2cc(N(c4ccc(C)cc4)c4c(C)cc(C(C)(C)C)cc4C)ccc2-3)c2c(C)cc(C(C)(C)C)cc2C)cc1. The third kappa shape index (κ3) is 6.66. The molecule has 9 rings (SSSR count). The van der Waals surface area contributed by atoms with E-state index >= 15 is 0 Å². The van der Waals surface area contributed by atoms with Crippen LogP contribution in [0.15, 0.2) is 109 Å².